The number of amides is 1. The number of hydrogen-bond acceptors (Lipinski definition) is 5. The first-order valence-corrected chi connectivity index (χ1v) is 8.28. The highest BCUT2D eigenvalue weighted by atomic mass is 35.5. The van der Waals surface area contributed by atoms with E-state index in [1.165, 1.54) is 36.5 Å². The van der Waals surface area contributed by atoms with Crippen LogP contribution in [-0.2, 0) is 0 Å². The molecular weight excluding hydrogens is 393 g/mol. The number of H-pyrrole nitrogens is 1. The summed E-state index contributed by atoms with van der Waals surface area (Å²) >= 11 is 12.0. The van der Waals surface area contributed by atoms with Gasteiger partial charge in [-0.05, 0) is 42.0 Å². The summed E-state index contributed by atoms with van der Waals surface area (Å²) < 4.78 is 0. The van der Waals surface area contributed by atoms with Crippen molar-refractivity contribution in [1.29, 1.82) is 0 Å². The van der Waals surface area contributed by atoms with Crippen molar-refractivity contribution in [1.82, 2.24) is 15.6 Å². The summed E-state index contributed by atoms with van der Waals surface area (Å²) in [4.78, 5) is 22.2. The zero-order valence-corrected chi connectivity index (χ0v) is 15.0. The van der Waals surface area contributed by atoms with Gasteiger partial charge in [-0.1, -0.05) is 23.2 Å². The molecule has 2 N–H and O–H groups in total. The van der Waals surface area contributed by atoms with Crippen molar-refractivity contribution in [3.63, 3.8) is 0 Å². The molecule has 27 heavy (non-hydrogen) atoms. The van der Waals surface area contributed by atoms with Gasteiger partial charge in [0, 0.05) is 22.7 Å². The Morgan fingerprint density at radius 2 is 1.93 bits per heavy atom. The number of nitro benzene ring substituents is 1. The Kier molecular flexibility index (Phi) is 5.49. The van der Waals surface area contributed by atoms with Gasteiger partial charge < -0.3 is 0 Å². The second kappa shape index (κ2) is 7.98. The highest BCUT2D eigenvalue weighted by Gasteiger charge is 2.12. The molecule has 10 heteroatoms. The van der Waals surface area contributed by atoms with Gasteiger partial charge in [-0.3, -0.25) is 20.0 Å². The van der Waals surface area contributed by atoms with E-state index >= 15 is 0 Å². The van der Waals surface area contributed by atoms with Crippen molar-refractivity contribution in [3.8, 4) is 11.3 Å². The van der Waals surface area contributed by atoms with E-state index < -0.39 is 10.8 Å². The first kappa shape index (κ1) is 18.6. The van der Waals surface area contributed by atoms with Crippen molar-refractivity contribution >= 4 is 41.0 Å². The number of benzene rings is 2. The quantitative estimate of drug-likeness (QED) is 0.379. The highest BCUT2D eigenvalue weighted by molar-refractivity contribution is 6.36. The van der Waals surface area contributed by atoms with Crippen LogP contribution >= 0.6 is 23.2 Å². The molecule has 0 aliphatic heterocycles. The second-order valence-corrected chi connectivity index (χ2v) is 6.18. The lowest BCUT2D eigenvalue weighted by Crippen LogP contribution is -2.17. The Hall–Kier alpha value is -3.23. The molecule has 1 aromatic heterocycles. The zero-order valence-electron chi connectivity index (χ0n) is 13.5. The molecule has 3 rings (SSSR count). The smallest absolute Gasteiger partial charge is 0.272 e. The zero-order chi connectivity index (χ0) is 19.4. The molecule has 0 aliphatic carbocycles. The van der Waals surface area contributed by atoms with Crippen LogP contribution in [0.15, 0.2) is 53.6 Å². The molecule has 8 nitrogen and oxygen atoms in total. The third-order valence-corrected chi connectivity index (χ3v) is 4.06. The summed E-state index contributed by atoms with van der Waals surface area (Å²) in [7, 11) is 0. The highest BCUT2D eigenvalue weighted by Crippen LogP contribution is 2.29. The summed E-state index contributed by atoms with van der Waals surface area (Å²) in [5, 5.41) is 22.0. The summed E-state index contributed by atoms with van der Waals surface area (Å²) in [5.41, 5.74) is 4.22. The fourth-order valence-corrected chi connectivity index (χ4v) is 2.69. The summed E-state index contributed by atoms with van der Waals surface area (Å²) in [6, 6.07) is 12.2. The van der Waals surface area contributed by atoms with Gasteiger partial charge in [0.1, 0.15) is 5.69 Å². The Bertz CT molecular complexity index is 1030. The Morgan fingerprint density at radius 3 is 2.59 bits per heavy atom. The third-order valence-electron chi connectivity index (χ3n) is 3.51. The normalized spacial score (nSPS) is 10.9. The van der Waals surface area contributed by atoms with Crippen molar-refractivity contribution in [2.24, 2.45) is 5.10 Å². The molecule has 0 fully saturated rings. The lowest BCUT2D eigenvalue weighted by atomic mass is 10.1. The van der Waals surface area contributed by atoms with Crippen LogP contribution in [0.1, 0.15) is 16.1 Å². The van der Waals surface area contributed by atoms with Crippen LogP contribution in [0.25, 0.3) is 11.3 Å². The second-order valence-electron chi connectivity index (χ2n) is 5.34. The maximum atomic E-state index is 12.1. The average Bonchev–Trinajstić information content (AvgIpc) is 3.12. The van der Waals surface area contributed by atoms with Crippen molar-refractivity contribution in [2.45, 2.75) is 0 Å². The number of halogens is 2. The van der Waals surface area contributed by atoms with Crippen molar-refractivity contribution in [3.05, 3.63) is 79.9 Å². The third kappa shape index (κ3) is 4.49. The number of hydrogen-bond donors (Lipinski definition) is 2. The van der Waals surface area contributed by atoms with Crippen LogP contribution in [-0.4, -0.2) is 27.2 Å². The van der Waals surface area contributed by atoms with Crippen LogP contribution in [0.3, 0.4) is 0 Å². The van der Waals surface area contributed by atoms with E-state index in [0.29, 0.717) is 26.9 Å². The Labute approximate surface area is 163 Å². The standard InChI is InChI=1S/C17H11Cl2N5O3/c18-11-3-6-13(14(19)7-11)15-8-16(22-21-15)17(25)23-20-9-10-1-4-12(5-2-10)24(26)27/h1-9H,(H,21,22)(H,23,25)/b20-9+. The van der Waals surface area contributed by atoms with Crippen LogP contribution in [0.2, 0.25) is 10.0 Å². The summed E-state index contributed by atoms with van der Waals surface area (Å²) in [5.74, 6) is -0.503. The maximum absolute atomic E-state index is 12.1. The number of non-ortho nitro benzene ring substituents is 1. The van der Waals surface area contributed by atoms with Gasteiger partial charge in [-0.25, -0.2) is 5.43 Å². The average molecular weight is 404 g/mol. The molecule has 0 saturated carbocycles. The largest absolute Gasteiger partial charge is 0.289 e. The monoisotopic (exact) mass is 403 g/mol. The molecule has 3 aromatic rings. The molecule has 2 aromatic carbocycles. The lowest BCUT2D eigenvalue weighted by molar-refractivity contribution is -0.384. The summed E-state index contributed by atoms with van der Waals surface area (Å²) in [6.45, 7) is 0. The minimum absolute atomic E-state index is 0.0259. The molecule has 136 valence electrons. The molecule has 0 bridgehead atoms. The number of hydrazone groups is 1. The van der Waals surface area contributed by atoms with Gasteiger partial charge >= 0.3 is 0 Å². The van der Waals surface area contributed by atoms with Gasteiger partial charge in [0.15, 0.2) is 0 Å². The number of nitrogens with zero attached hydrogens (tertiary/aromatic N) is 3. The number of rotatable bonds is 5. The SMILES string of the molecule is O=C(N/N=C/c1ccc([N+](=O)[O-])cc1)c1cc(-c2ccc(Cl)cc2Cl)n[nH]1. The first-order chi connectivity index (χ1) is 12.9. The van der Waals surface area contributed by atoms with Crippen molar-refractivity contribution in [2.75, 3.05) is 0 Å². The molecule has 1 heterocycles. The number of carbonyl (C=O) groups excluding carboxylic acids is 1. The Morgan fingerprint density at radius 1 is 1.19 bits per heavy atom. The van der Waals surface area contributed by atoms with E-state index in [9.17, 15) is 14.9 Å². The van der Waals surface area contributed by atoms with E-state index in [1.54, 1.807) is 18.2 Å². The number of carbonyl (C=O) groups is 1. The van der Waals surface area contributed by atoms with Crippen LogP contribution in [0.4, 0.5) is 5.69 Å². The molecule has 0 unspecified atom stereocenters. The fraction of sp³-hybridized carbons (Fsp3) is 0. The molecule has 0 aliphatic rings. The van der Waals surface area contributed by atoms with Gasteiger partial charge in [0.25, 0.3) is 11.6 Å². The lowest BCUT2D eigenvalue weighted by Gasteiger charge is -2.00. The predicted molar refractivity (Wildman–Crippen MR) is 102 cm³/mol. The van der Waals surface area contributed by atoms with Gasteiger partial charge in [-0.15, -0.1) is 0 Å². The predicted octanol–water partition coefficient (Wildman–Crippen LogP) is 4.06. The number of aromatic amines is 1. The summed E-state index contributed by atoms with van der Waals surface area (Å²) in [6.07, 6.45) is 1.37. The number of nitrogens with one attached hydrogen (secondary N) is 2. The minimum atomic E-state index is -0.503. The first-order valence-electron chi connectivity index (χ1n) is 7.53. The van der Waals surface area contributed by atoms with Crippen molar-refractivity contribution < 1.29 is 9.72 Å². The van der Waals surface area contributed by atoms with E-state index in [2.05, 4.69) is 20.7 Å². The van der Waals surface area contributed by atoms with Gasteiger partial charge in [0.05, 0.1) is 21.9 Å². The Balaban J connectivity index is 1.66. The van der Waals surface area contributed by atoms with E-state index in [0.717, 1.165) is 0 Å². The minimum Gasteiger partial charge on any atom is -0.272 e. The van der Waals surface area contributed by atoms with Crippen LogP contribution in [0.5, 0.6) is 0 Å². The molecule has 1 amide bonds. The van der Waals surface area contributed by atoms with Gasteiger partial charge in [-0.2, -0.15) is 10.2 Å². The molecule has 0 spiro atoms. The number of aromatic nitrogens is 2. The molecule has 0 atom stereocenters. The van der Waals surface area contributed by atoms with E-state index in [4.69, 9.17) is 23.2 Å². The number of nitro groups is 1. The van der Waals surface area contributed by atoms with E-state index in [1.807, 2.05) is 0 Å². The maximum Gasteiger partial charge on any atom is 0.289 e. The van der Waals surface area contributed by atoms with Crippen LogP contribution in [0, 0.1) is 10.1 Å². The molecule has 0 saturated heterocycles. The fourth-order valence-electron chi connectivity index (χ4n) is 2.18. The molecular formula is C17H11Cl2N5O3. The molecule has 0 radical (unpaired) electrons. The van der Waals surface area contributed by atoms with E-state index in [-0.39, 0.29) is 11.4 Å². The topological polar surface area (TPSA) is 113 Å². The van der Waals surface area contributed by atoms with Crippen LogP contribution < -0.4 is 5.43 Å². The van der Waals surface area contributed by atoms with Gasteiger partial charge in [0.2, 0.25) is 0 Å².